The van der Waals surface area contributed by atoms with E-state index in [4.69, 9.17) is 5.11 Å². The molecule has 0 saturated heterocycles. The van der Waals surface area contributed by atoms with E-state index in [1.165, 1.54) is 35.2 Å². The Bertz CT molecular complexity index is 803. The maximum absolute atomic E-state index is 12.3. The molecule has 2 aromatic carbocycles. The summed E-state index contributed by atoms with van der Waals surface area (Å²) >= 11 is 0. The molecule has 5 nitrogen and oxygen atoms in total. The molecule has 0 bridgehead atoms. The maximum Gasteiger partial charge on any atom is 0.573 e. The van der Waals surface area contributed by atoms with Crippen LogP contribution in [0.15, 0.2) is 48.5 Å². The Morgan fingerprint density at radius 1 is 1.07 bits per heavy atom. The van der Waals surface area contributed by atoms with Gasteiger partial charge < -0.3 is 14.7 Å². The monoisotopic (exact) mass is 381 g/mol. The number of hydrogen-bond acceptors (Lipinski definition) is 3. The van der Waals surface area contributed by atoms with Gasteiger partial charge in [0.25, 0.3) is 0 Å². The highest BCUT2D eigenvalue weighted by molar-refractivity contribution is 5.87. The normalized spacial score (nSPS) is 11.1. The highest BCUT2D eigenvalue weighted by Gasteiger charge is 2.31. The summed E-state index contributed by atoms with van der Waals surface area (Å²) < 4.78 is 40.7. The van der Waals surface area contributed by atoms with E-state index in [0.717, 1.165) is 5.56 Å². The summed E-state index contributed by atoms with van der Waals surface area (Å²) in [4.78, 5) is 24.5. The molecule has 0 aromatic heterocycles. The molecule has 144 valence electrons. The first-order valence-electron chi connectivity index (χ1n) is 8.05. The Morgan fingerprint density at radius 3 is 2.33 bits per heavy atom. The molecule has 2 rings (SSSR count). The third kappa shape index (κ3) is 6.65. The van der Waals surface area contributed by atoms with Gasteiger partial charge in [-0.3, -0.25) is 4.79 Å². The van der Waals surface area contributed by atoms with Gasteiger partial charge in [-0.1, -0.05) is 24.3 Å². The summed E-state index contributed by atoms with van der Waals surface area (Å²) in [6.45, 7) is 0.145. The van der Waals surface area contributed by atoms with Crippen molar-refractivity contribution in [1.29, 1.82) is 0 Å². The molecule has 0 aliphatic heterocycles. The molecule has 0 fully saturated rings. The van der Waals surface area contributed by atoms with Gasteiger partial charge in [0.2, 0.25) is 5.91 Å². The van der Waals surface area contributed by atoms with Crippen LogP contribution in [0.5, 0.6) is 5.75 Å². The van der Waals surface area contributed by atoms with Crippen LogP contribution in [0.2, 0.25) is 0 Å². The third-order valence-electron chi connectivity index (χ3n) is 3.81. The lowest BCUT2D eigenvalue weighted by molar-refractivity contribution is -0.274. The van der Waals surface area contributed by atoms with Gasteiger partial charge in [-0.25, -0.2) is 4.79 Å². The minimum absolute atomic E-state index is 0.145. The van der Waals surface area contributed by atoms with Gasteiger partial charge >= 0.3 is 12.3 Å². The quantitative estimate of drug-likeness (QED) is 0.791. The van der Waals surface area contributed by atoms with Gasteiger partial charge in [-0.2, -0.15) is 0 Å². The van der Waals surface area contributed by atoms with Gasteiger partial charge in [0.1, 0.15) is 5.75 Å². The van der Waals surface area contributed by atoms with Crippen LogP contribution in [0, 0.1) is 0 Å². The second kappa shape index (κ2) is 8.57. The predicted octanol–water partition coefficient (Wildman–Crippen LogP) is 3.87. The number of carbonyl (C=O) groups excluding carboxylic acids is 1. The number of nitrogens with zero attached hydrogens (tertiary/aromatic N) is 1. The van der Waals surface area contributed by atoms with Crippen LogP contribution in [0.3, 0.4) is 0 Å². The molecular weight excluding hydrogens is 363 g/mol. The largest absolute Gasteiger partial charge is 0.573 e. The van der Waals surface area contributed by atoms with Crippen molar-refractivity contribution in [3.8, 4) is 5.75 Å². The molecule has 1 amide bonds. The molecule has 27 heavy (non-hydrogen) atoms. The fourth-order valence-corrected chi connectivity index (χ4v) is 2.46. The Labute approximate surface area is 154 Å². The van der Waals surface area contributed by atoms with Crippen LogP contribution in [0.4, 0.5) is 13.2 Å². The number of halogens is 3. The molecule has 0 heterocycles. The van der Waals surface area contributed by atoms with E-state index in [1.54, 1.807) is 25.2 Å². The van der Waals surface area contributed by atoms with Gasteiger partial charge in [0.05, 0.1) is 5.56 Å². The van der Waals surface area contributed by atoms with Crippen LogP contribution in [0.25, 0.3) is 0 Å². The van der Waals surface area contributed by atoms with Gasteiger partial charge in [0.15, 0.2) is 0 Å². The van der Waals surface area contributed by atoms with E-state index >= 15 is 0 Å². The van der Waals surface area contributed by atoms with Crippen molar-refractivity contribution >= 4 is 11.9 Å². The summed E-state index contributed by atoms with van der Waals surface area (Å²) in [6, 6.07) is 11.7. The molecule has 0 spiro atoms. The Hall–Kier alpha value is -3.03. The minimum Gasteiger partial charge on any atom is -0.478 e. The molecule has 0 saturated carbocycles. The second-order valence-electron chi connectivity index (χ2n) is 5.95. The van der Waals surface area contributed by atoms with Crippen LogP contribution in [-0.2, 0) is 17.8 Å². The molecular formula is C19H18F3NO4. The molecule has 0 aliphatic rings. The van der Waals surface area contributed by atoms with E-state index in [1.807, 2.05) is 0 Å². The van der Waals surface area contributed by atoms with Crippen LogP contribution in [0.1, 0.15) is 27.9 Å². The lowest BCUT2D eigenvalue weighted by Crippen LogP contribution is -2.26. The minimum atomic E-state index is -4.77. The maximum atomic E-state index is 12.3. The van der Waals surface area contributed by atoms with E-state index in [2.05, 4.69) is 4.74 Å². The van der Waals surface area contributed by atoms with Crippen molar-refractivity contribution in [2.75, 3.05) is 7.05 Å². The van der Waals surface area contributed by atoms with Crippen molar-refractivity contribution in [3.63, 3.8) is 0 Å². The number of carboxylic acids is 1. The molecule has 1 N–H and O–H groups in total. The number of rotatable bonds is 7. The number of alkyl halides is 3. The SMILES string of the molecule is CN(Cc1cccc(OC(F)(F)F)c1)C(=O)CCc1ccc(C(=O)O)cc1. The standard InChI is InChI=1S/C19H18F3NO4/c1-23(12-14-3-2-4-16(11-14)27-19(20,21)22)17(24)10-7-13-5-8-15(9-6-13)18(25)26/h2-6,8-9,11H,7,10,12H2,1H3,(H,25,26). The lowest BCUT2D eigenvalue weighted by atomic mass is 10.1. The van der Waals surface area contributed by atoms with Crippen molar-refractivity contribution in [3.05, 3.63) is 65.2 Å². The number of hydrogen-bond donors (Lipinski definition) is 1. The summed E-state index contributed by atoms with van der Waals surface area (Å²) in [7, 11) is 1.56. The number of aryl methyl sites for hydroxylation is 1. The highest BCUT2D eigenvalue weighted by Crippen LogP contribution is 2.23. The van der Waals surface area contributed by atoms with Crippen LogP contribution in [-0.4, -0.2) is 35.3 Å². The van der Waals surface area contributed by atoms with Crippen molar-refractivity contribution in [2.45, 2.75) is 25.7 Å². The van der Waals surface area contributed by atoms with Crippen molar-refractivity contribution in [1.82, 2.24) is 4.90 Å². The second-order valence-corrected chi connectivity index (χ2v) is 5.95. The number of aromatic carboxylic acids is 1. The summed E-state index contributed by atoms with van der Waals surface area (Å²) in [5.74, 6) is -1.53. The third-order valence-corrected chi connectivity index (χ3v) is 3.81. The zero-order chi connectivity index (χ0) is 20.0. The molecule has 0 radical (unpaired) electrons. The predicted molar refractivity (Wildman–Crippen MR) is 91.3 cm³/mol. The summed E-state index contributed by atoms with van der Waals surface area (Å²) in [5.41, 5.74) is 1.50. The number of amides is 1. The fourth-order valence-electron chi connectivity index (χ4n) is 2.46. The zero-order valence-electron chi connectivity index (χ0n) is 14.5. The Kier molecular flexibility index (Phi) is 6.44. The number of carbonyl (C=O) groups is 2. The van der Waals surface area contributed by atoms with Crippen LogP contribution < -0.4 is 4.74 Å². The van der Waals surface area contributed by atoms with Crippen LogP contribution >= 0.6 is 0 Å². The van der Waals surface area contributed by atoms with Gasteiger partial charge in [-0.15, -0.1) is 13.2 Å². The smallest absolute Gasteiger partial charge is 0.478 e. The van der Waals surface area contributed by atoms with E-state index in [9.17, 15) is 22.8 Å². The van der Waals surface area contributed by atoms with Crippen molar-refractivity contribution < 1.29 is 32.6 Å². The lowest BCUT2D eigenvalue weighted by Gasteiger charge is -2.18. The summed E-state index contributed by atoms with van der Waals surface area (Å²) in [5, 5.41) is 8.86. The zero-order valence-corrected chi connectivity index (χ0v) is 14.5. The van der Waals surface area contributed by atoms with E-state index in [0.29, 0.717) is 12.0 Å². The number of ether oxygens (including phenoxy) is 1. The topological polar surface area (TPSA) is 66.8 Å². The first-order valence-corrected chi connectivity index (χ1v) is 8.05. The molecule has 0 atom stereocenters. The fraction of sp³-hybridized carbons (Fsp3) is 0.263. The Balaban J connectivity index is 1.90. The van der Waals surface area contributed by atoms with E-state index < -0.39 is 12.3 Å². The molecule has 8 heteroatoms. The van der Waals surface area contributed by atoms with Gasteiger partial charge in [-0.05, 0) is 41.8 Å². The Morgan fingerprint density at radius 2 is 1.74 bits per heavy atom. The molecule has 0 aliphatic carbocycles. The summed E-state index contributed by atoms with van der Waals surface area (Å²) in [6.07, 6.45) is -4.14. The highest BCUT2D eigenvalue weighted by atomic mass is 19.4. The average molecular weight is 381 g/mol. The number of benzene rings is 2. The first kappa shape index (κ1) is 20.3. The van der Waals surface area contributed by atoms with E-state index in [-0.39, 0.29) is 30.2 Å². The van der Waals surface area contributed by atoms with Gasteiger partial charge in [0, 0.05) is 20.0 Å². The first-order chi connectivity index (χ1) is 12.6. The molecule has 2 aromatic rings. The molecule has 0 unspecified atom stereocenters. The average Bonchev–Trinajstić information content (AvgIpc) is 2.58. The van der Waals surface area contributed by atoms with Crippen molar-refractivity contribution in [2.24, 2.45) is 0 Å². The number of carboxylic acid groups (broad SMARTS) is 1.